The van der Waals surface area contributed by atoms with Crippen LogP contribution in [0, 0.1) is 11.3 Å². The van der Waals surface area contributed by atoms with Crippen molar-refractivity contribution in [3.8, 4) is 23.1 Å². The van der Waals surface area contributed by atoms with Gasteiger partial charge in [-0.3, -0.25) is 0 Å². The van der Waals surface area contributed by atoms with Crippen LogP contribution in [0.4, 0.5) is 0 Å². The molecule has 0 spiro atoms. The lowest BCUT2D eigenvalue weighted by Gasteiger charge is -2.05. The van der Waals surface area contributed by atoms with Crippen LogP contribution in [0.1, 0.15) is 30.2 Å². The van der Waals surface area contributed by atoms with E-state index < -0.39 is 0 Å². The predicted octanol–water partition coefficient (Wildman–Crippen LogP) is 4.30. The second-order valence-corrected chi connectivity index (χ2v) is 5.53. The third-order valence-corrected chi connectivity index (χ3v) is 3.62. The molecule has 3 rings (SSSR count). The first-order valence-corrected chi connectivity index (χ1v) is 8.12. The van der Waals surface area contributed by atoms with E-state index in [4.69, 9.17) is 10.00 Å². The zero-order chi connectivity index (χ0) is 17.5. The normalized spacial score (nSPS) is 10.7. The van der Waals surface area contributed by atoms with Gasteiger partial charge in [-0.1, -0.05) is 54.6 Å². The number of benzene rings is 2. The molecule has 0 unspecified atom stereocenters. The fourth-order valence-electron chi connectivity index (χ4n) is 2.42. The second-order valence-electron chi connectivity index (χ2n) is 5.53. The summed E-state index contributed by atoms with van der Waals surface area (Å²) in [6, 6.07) is 17.9. The number of H-pyrrole nitrogens is 1. The molecule has 1 N–H and O–H groups in total. The van der Waals surface area contributed by atoms with Gasteiger partial charge in [-0.2, -0.15) is 5.26 Å². The summed E-state index contributed by atoms with van der Waals surface area (Å²) in [5.74, 6) is 0.874. The highest BCUT2D eigenvalue weighted by Crippen LogP contribution is 2.22. The number of nitriles is 1. The fraction of sp³-hybridized carbons (Fsp3) is 0.150. The lowest BCUT2D eigenvalue weighted by molar-refractivity contribution is 0.317. The molecule has 2 aromatic carbocycles. The number of aromatic amines is 1. The molecule has 0 saturated heterocycles. The molecule has 0 atom stereocenters. The predicted molar refractivity (Wildman–Crippen MR) is 97.7 cm³/mol. The average molecular weight is 330 g/mol. The third kappa shape index (κ3) is 4.12. The van der Waals surface area contributed by atoms with Crippen LogP contribution < -0.4 is 4.74 Å². The van der Waals surface area contributed by atoms with Gasteiger partial charge >= 0.3 is 0 Å². The molecule has 25 heavy (non-hydrogen) atoms. The second kappa shape index (κ2) is 7.93. The highest BCUT2D eigenvalue weighted by molar-refractivity contribution is 5.74. The molecule has 5 nitrogen and oxygen atoms in total. The Labute approximate surface area is 146 Å². The highest BCUT2D eigenvalue weighted by Gasteiger charge is 2.08. The van der Waals surface area contributed by atoms with E-state index in [2.05, 4.69) is 28.4 Å². The molecule has 1 aromatic heterocycles. The quantitative estimate of drug-likeness (QED) is 0.684. The number of aromatic nitrogens is 3. The lowest BCUT2D eigenvalue weighted by atomic mass is 10.1. The van der Waals surface area contributed by atoms with E-state index in [0.29, 0.717) is 18.0 Å². The maximum atomic E-state index is 9.09. The number of hydrogen-bond acceptors (Lipinski definition) is 4. The van der Waals surface area contributed by atoms with Crippen LogP contribution in [-0.4, -0.2) is 22.0 Å². The summed E-state index contributed by atoms with van der Waals surface area (Å²) in [5, 5.41) is 19.4. The van der Waals surface area contributed by atoms with Gasteiger partial charge in [-0.05, 0) is 35.7 Å². The van der Waals surface area contributed by atoms with Gasteiger partial charge in [0.15, 0.2) is 5.69 Å². The number of ether oxygens (including phenoxy) is 1. The van der Waals surface area contributed by atoms with Gasteiger partial charge in [0, 0.05) is 5.56 Å². The summed E-state index contributed by atoms with van der Waals surface area (Å²) >= 11 is 0. The summed E-state index contributed by atoms with van der Waals surface area (Å²) in [7, 11) is 0. The molecule has 0 bridgehead atoms. The van der Waals surface area contributed by atoms with E-state index in [1.807, 2.05) is 60.7 Å². The van der Waals surface area contributed by atoms with Crippen LogP contribution in [-0.2, 0) is 0 Å². The molecule has 0 radical (unpaired) electrons. The van der Waals surface area contributed by atoms with Crippen LogP contribution in [0.5, 0.6) is 5.75 Å². The maximum Gasteiger partial charge on any atom is 0.163 e. The van der Waals surface area contributed by atoms with Gasteiger partial charge in [0.05, 0.1) is 6.61 Å². The minimum Gasteiger partial charge on any atom is -0.494 e. The lowest BCUT2D eigenvalue weighted by Crippen LogP contribution is -1.94. The van der Waals surface area contributed by atoms with E-state index in [1.165, 1.54) is 0 Å². The van der Waals surface area contributed by atoms with Crippen molar-refractivity contribution in [2.24, 2.45) is 0 Å². The summed E-state index contributed by atoms with van der Waals surface area (Å²) in [6.45, 7) is 2.80. The first-order chi connectivity index (χ1) is 12.3. The van der Waals surface area contributed by atoms with Crippen LogP contribution >= 0.6 is 0 Å². The molecule has 0 aliphatic rings. The molecule has 0 amide bonds. The van der Waals surface area contributed by atoms with Crippen molar-refractivity contribution in [2.75, 3.05) is 6.61 Å². The first kappa shape index (κ1) is 16.5. The molecule has 1 heterocycles. The zero-order valence-corrected chi connectivity index (χ0v) is 13.9. The summed E-state index contributed by atoms with van der Waals surface area (Å²) in [5.41, 5.74) is 3.87. The van der Waals surface area contributed by atoms with Crippen LogP contribution in [0.25, 0.3) is 23.4 Å². The molecule has 3 aromatic rings. The Morgan fingerprint density at radius 3 is 2.64 bits per heavy atom. The van der Waals surface area contributed by atoms with Crippen molar-refractivity contribution in [1.29, 1.82) is 5.26 Å². The Hall–Kier alpha value is -3.39. The van der Waals surface area contributed by atoms with Gasteiger partial charge < -0.3 is 4.74 Å². The van der Waals surface area contributed by atoms with Crippen molar-refractivity contribution in [3.05, 3.63) is 65.4 Å². The van der Waals surface area contributed by atoms with E-state index in [9.17, 15) is 0 Å². The minimum atomic E-state index is 0.363. The largest absolute Gasteiger partial charge is 0.494 e. The van der Waals surface area contributed by atoms with Gasteiger partial charge in [-0.25, -0.2) is 5.10 Å². The zero-order valence-electron chi connectivity index (χ0n) is 13.9. The average Bonchev–Trinajstić information content (AvgIpc) is 3.14. The molecular weight excluding hydrogens is 312 g/mol. The first-order valence-electron chi connectivity index (χ1n) is 8.12. The number of rotatable bonds is 6. The van der Waals surface area contributed by atoms with Gasteiger partial charge in [0.25, 0.3) is 0 Å². The minimum absolute atomic E-state index is 0.363. The van der Waals surface area contributed by atoms with E-state index in [-0.39, 0.29) is 0 Å². The van der Waals surface area contributed by atoms with Crippen LogP contribution in [0.2, 0.25) is 0 Å². The third-order valence-electron chi connectivity index (χ3n) is 3.62. The Morgan fingerprint density at radius 1 is 1.12 bits per heavy atom. The molecule has 0 saturated carbocycles. The molecule has 5 heteroatoms. The van der Waals surface area contributed by atoms with Crippen molar-refractivity contribution >= 4 is 12.2 Å². The summed E-state index contributed by atoms with van der Waals surface area (Å²) < 4.78 is 5.66. The maximum absolute atomic E-state index is 9.09. The van der Waals surface area contributed by atoms with Gasteiger partial charge in [-0.15, -0.1) is 5.10 Å². The van der Waals surface area contributed by atoms with Crippen molar-refractivity contribution in [3.63, 3.8) is 0 Å². The van der Waals surface area contributed by atoms with E-state index in [0.717, 1.165) is 28.9 Å². The highest BCUT2D eigenvalue weighted by atomic mass is 16.5. The van der Waals surface area contributed by atoms with E-state index >= 15 is 0 Å². The van der Waals surface area contributed by atoms with Crippen molar-refractivity contribution in [2.45, 2.75) is 13.3 Å². The SMILES string of the molecule is CCCOc1cccc(/C=C/c2cccc(-c3nn[nH]c3C#N)c2)c1. The standard InChI is InChI=1S/C20H18N4O/c1-2-11-25-18-8-4-6-16(13-18)10-9-15-5-3-7-17(12-15)20-19(14-21)22-24-23-20/h3-10,12-13H,2,11H2,1H3,(H,22,23,24)/b10-9+. The number of hydrogen-bond donors (Lipinski definition) is 1. The smallest absolute Gasteiger partial charge is 0.163 e. The molecule has 0 fully saturated rings. The van der Waals surface area contributed by atoms with Crippen molar-refractivity contribution < 1.29 is 4.74 Å². The molecule has 124 valence electrons. The summed E-state index contributed by atoms with van der Waals surface area (Å²) in [6.07, 6.45) is 5.04. The molecule has 0 aliphatic heterocycles. The fourth-order valence-corrected chi connectivity index (χ4v) is 2.42. The Morgan fingerprint density at radius 2 is 1.88 bits per heavy atom. The van der Waals surface area contributed by atoms with Crippen LogP contribution in [0.3, 0.4) is 0 Å². The Bertz CT molecular complexity index is 921. The molecule has 0 aliphatic carbocycles. The van der Waals surface area contributed by atoms with Crippen molar-refractivity contribution in [1.82, 2.24) is 15.4 Å². The van der Waals surface area contributed by atoms with Crippen LogP contribution in [0.15, 0.2) is 48.5 Å². The van der Waals surface area contributed by atoms with Gasteiger partial charge in [0.2, 0.25) is 0 Å². The van der Waals surface area contributed by atoms with E-state index in [1.54, 1.807) is 0 Å². The Balaban J connectivity index is 1.81. The summed E-state index contributed by atoms with van der Waals surface area (Å²) in [4.78, 5) is 0. The van der Waals surface area contributed by atoms with Gasteiger partial charge in [0.1, 0.15) is 17.5 Å². The monoisotopic (exact) mass is 330 g/mol. The topological polar surface area (TPSA) is 74.6 Å². The number of nitrogens with zero attached hydrogens (tertiary/aromatic N) is 3. The molecular formula is C20H18N4O. The Kier molecular flexibility index (Phi) is 5.22. The number of nitrogens with one attached hydrogen (secondary N) is 1.